The van der Waals surface area contributed by atoms with E-state index in [0.717, 1.165) is 16.5 Å². The minimum atomic E-state index is -0.660. The zero-order chi connectivity index (χ0) is 19.6. The fraction of sp³-hybridized carbons (Fsp3) is 0.381. The lowest BCUT2D eigenvalue weighted by molar-refractivity contribution is -0.125. The Bertz CT molecular complexity index is 865. The first-order valence-electron chi connectivity index (χ1n) is 9.33. The van der Waals surface area contributed by atoms with Gasteiger partial charge in [0.25, 0.3) is 0 Å². The number of carbonyl (C=O) groups is 1. The van der Waals surface area contributed by atoms with E-state index in [0.29, 0.717) is 61.5 Å². The molecule has 2 aromatic rings. The molecular weight excluding hydrogens is 446 g/mol. The number of nitrogens with one attached hydrogen (secondary N) is 1. The number of hydrogen-bond acceptors (Lipinski definition) is 4. The average Bonchev–Trinajstić information content (AvgIpc) is 2.94. The van der Waals surface area contributed by atoms with E-state index in [1.165, 1.54) is 0 Å². The molecule has 4 rings (SSSR count). The Hall–Kier alpha value is -1.76. The number of halogens is 2. The van der Waals surface area contributed by atoms with Crippen LogP contribution in [0.2, 0.25) is 5.02 Å². The maximum absolute atomic E-state index is 13.5. The van der Waals surface area contributed by atoms with Crippen molar-refractivity contribution in [1.82, 2.24) is 0 Å². The summed E-state index contributed by atoms with van der Waals surface area (Å²) in [6.07, 6.45) is 2.03. The summed E-state index contributed by atoms with van der Waals surface area (Å²) in [5.74, 6) is 1.12. The van der Waals surface area contributed by atoms with E-state index < -0.39 is 5.41 Å². The zero-order valence-corrected chi connectivity index (χ0v) is 17.6. The topological polar surface area (TPSA) is 56.8 Å². The number of carbonyl (C=O) groups excluding carboxylic acids is 1. The maximum atomic E-state index is 13.5. The second-order valence-electron chi connectivity index (χ2n) is 6.98. The van der Waals surface area contributed by atoms with Gasteiger partial charge in [0.15, 0.2) is 11.5 Å². The molecule has 0 saturated carbocycles. The predicted molar refractivity (Wildman–Crippen MR) is 112 cm³/mol. The highest BCUT2D eigenvalue weighted by Crippen LogP contribution is 2.40. The Morgan fingerprint density at radius 3 is 2.32 bits per heavy atom. The van der Waals surface area contributed by atoms with E-state index in [1.54, 1.807) is 12.1 Å². The first-order valence-corrected chi connectivity index (χ1v) is 10.5. The Morgan fingerprint density at radius 1 is 1.00 bits per heavy atom. The van der Waals surface area contributed by atoms with Gasteiger partial charge in [-0.3, -0.25) is 4.79 Å². The Kier molecular flexibility index (Phi) is 5.80. The lowest BCUT2D eigenvalue weighted by Crippen LogP contribution is -2.44. The number of amides is 1. The highest BCUT2D eigenvalue weighted by atomic mass is 79.9. The van der Waals surface area contributed by atoms with Crippen LogP contribution in [0.1, 0.15) is 24.8 Å². The molecule has 1 fully saturated rings. The summed E-state index contributed by atoms with van der Waals surface area (Å²) in [5.41, 5.74) is 0.841. The minimum absolute atomic E-state index is 0.0884. The molecule has 0 spiro atoms. The quantitative estimate of drug-likeness (QED) is 0.695. The molecule has 2 aromatic carbocycles. The molecule has 0 unspecified atom stereocenters. The summed E-state index contributed by atoms with van der Waals surface area (Å²) in [7, 11) is 0. The minimum Gasteiger partial charge on any atom is -0.490 e. The lowest BCUT2D eigenvalue weighted by atomic mass is 9.73. The van der Waals surface area contributed by atoms with Crippen molar-refractivity contribution in [2.45, 2.75) is 24.7 Å². The van der Waals surface area contributed by atoms with Crippen molar-refractivity contribution in [3.05, 3.63) is 51.5 Å². The molecule has 0 atom stereocenters. The summed E-state index contributed by atoms with van der Waals surface area (Å²) < 4.78 is 17.9. The molecule has 0 aliphatic carbocycles. The van der Waals surface area contributed by atoms with Crippen LogP contribution in [-0.4, -0.2) is 32.3 Å². The van der Waals surface area contributed by atoms with Gasteiger partial charge in [0.1, 0.15) is 0 Å². The van der Waals surface area contributed by atoms with Crippen molar-refractivity contribution in [3.8, 4) is 11.5 Å². The normalized spacial score (nSPS) is 18.2. The smallest absolute Gasteiger partial charge is 0.235 e. The summed E-state index contributed by atoms with van der Waals surface area (Å²) >= 11 is 9.89. The van der Waals surface area contributed by atoms with E-state index in [-0.39, 0.29) is 5.91 Å². The van der Waals surface area contributed by atoms with Crippen molar-refractivity contribution < 1.29 is 19.0 Å². The lowest BCUT2D eigenvalue weighted by Gasteiger charge is -2.36. The van der Waals surface area contributed by atoms with Gasteiger partial charge in [-0.2, -0.15) is 0 Å². The number of fused-ring (bicyclic) bond motifs is 1. The third-order valence-electron chi connectivity index (χ3n) is 5.26. The molecular formula is C21H21BrClNO4. The van der Waals surface area contributed by atoms with Gasteiger partial charge in [-0.05, 0) is 30.5 Å². The fourth-order valence-electron chi connectivity index (χ4n) is 3.66. The molecule has 0 radical (unpaired) electrons. The Labute approximate surface area is 177 Å². The van der Waals surface area contributed by atoms with Crippen LogP contribution in [0, 0.1) is 0 Å². The van der Waals surface area contributed by atoms with Gasteiger partial charge in [0.05, 0.1) is 29.3 Å². The third kappa shape index (κ3) is 3.86. The highest BCUT2D eigenvalue weighted by Gasteiger charge is 2.42. The summed E-state index contributed by atoms with van der Waals surface area (Å²) in [4.78, 5) is 13.5. The van der Waals surface area contributed by atoms with E-state index >= 15 is 0 Å². The van der Waals surface area contributed by atoms with Crippen molar-refractivity contribution >= 4 is 39.1 Å². The van der Waals surface area contributed by atoms with Crippen LogP contribution in [-0.2, 0) is 14.9 Å². The summed E-state index contributed by atoms with van der Waals surface area (Å²) in [5, 5.41) is 3.46. The number of hydrogen-bond donors (Lipinski definition) is 1. The number of benzene rings is 2. The van der Waals surface area contributed by atoms with Gasteiger partial charge in [-0.15, -0.1) is 0 Å². The Morgan fingerprint density at radius 2 is 1.64 bits per heavy atom. The van der Waals surface area contributed by atoms with Crippen LogP contribution in [0.15, 0.2) is 40.9 Å². The molecule has 1 saturated heterocycles. The van der Waals surface area contributed by atoms with Crippen molar-refractivity contribution in [3.63, 3.8) is 0 Å². The molecule has 2 aliphatic rings. The second kappa shape index (κ2) is 8.31. The van der Waals surface area contributed by atoms with Crippen LogP contribution in [0.5, 0.6) is 11.5 Å². The van der Waals surface area contributed by atoms with Gasteiger partial charge in [-0.25, -0.2) is 0 Å². The monoisotopic (exact) mass is 465 g/mol. The number of ether oxygens (including phenoxy) is 3. The van der Waals surface area contributed by atoms with Gasteiger partial charge < -0.3 is 19.5 Å². The fourth-order valence-corrected chi connectivity index (χ4v) is 4.12. The molecule has 5 nitrogen and oxygen atoms in total. The van der Waals surface area contributed by atoms with Crippen LogP contribution >= 0.6 is 27.5 Å². The largest absolute Gasteiger partial charge is 0.490 e. The first-order chi connectivity index (χ1) is 13.6. The van der Waals surface area contributed by atoms with E-state index in [4.69, 9.17) is 25.8 Å². The number of anilines is 1. The zero-order valence-electron chi connectivity index (χ0n) is 15.3. The van der Waals surface area contributed by atoms with Gasteiger partial charge in [0.2, 0.25) is 5.91 Å². The van der Waals surface area contributed by atoms with Crippen molar-refractivity contribution in [2.75, 3.05) is 31.7 Å². The predicted octanol–water partition coefficient (Wildman–Crippen LogP) is 4.95. The third-order valence-corrected chi connectivity index (χ3v) is 6.10. The van der Waals surface area contributed by atoms with Gasteiger partial charge in [0, 0.05) is 36.2 Å². The van der Waals surface area contributed by atoms with Crippen LogP contribution in [0.4, 0.5) is 5.69 Å². The molecule has 7 heteroatoms. The maximum Gasteiger partial charge on any atom is 0.235 e. The van der Waals surface area contributed by atoms with Crippen LogP contribution in [0.25, 0.3) is 0 Å². The molecule has 0 aromatic heterocycles. The molecule has 2 aliphatic heterocycles. The van der Waals surface area contributed by atoms with Crippen LogP contribution < -0.4 is 14.8 Å². The van der Waals surface area contributed by atoms with Crippen LogP contribution in [0.3, 0.4) is 0 Å². The molecule has 28 heavy (non-hydrogen) atoms. The van der Waals surface area contributed by atoms with Gasteiger partial charge >= 0.3 is 0 Å². The molecule has 1 amide bonds. The number of rotatable bonds is 3. The van der Waals surface area contributed by atoms with Crippen molar-refractivity contribution in [1.29, 1.82) is 0 Å². The van der Waals surface area contributed by atoms with E-state index in [1.807, 2.05) is 24.3 Å². The molecule has 2 heterocycles. The first kappa shape index (κ1) is 19.6. The van der Waals surface area contributed by atoms with Gasteiger partial charge in [-0.1, -0.05) is 39.7 Å². The summed E-state index contributed by atoms with van der Waals surface area (Å²) in [6.45, 7) is 2.24. The standard InChI is InChI=1S/C21H21BrClNO4/c22-15-4-2-14(3-5-15)21(6-10-26-11-7-21)20(25)24-17-13-19-18(12-16(17)23)27-8-1-9-28-19/h2-5,12-13H,1,6-11H2,(H,24,25). The molecule has 1 N–H and O–H groups in total. The van der Waals surface area contributed by atoms with Crippen molar-refractivity contribution in [2.24, 2.45) is 0 Å². The average molecular weight is 467 g/mol. The molecule has 148 valence electrons. The Balaban J connectivity index is 1.65. The molecule has 0 bridgehead atoms. The highest BCUT2D eigenvalue weighted by molar-refractivity contribution is 9.10. The van der Waals surface area contributed by atoms with E-state index in [2.05, 4.69) is 21.2 Å². The van der Waals surface area contributed by atoms with E-state index in [9.17, 15) is 4.79 Å². The summed E-state index contributed by atoms with van der Waals surface area (Å²) in [6, 6.07) is 11.3. The second-order valence-corrected chi connectivity index (χ2v) is 8.31. The SMILES string of the molecule is O=C(Nc1cc2c(cc1Cl)OCCCO2)C1(c2ccc(Br)cc2)CCOCC1.